The smallest absolute Gasteiger partial charge is 0.245 e. The lowest BCUT2D eigenvalue weighted by atomic mass is 9.97. The van der Waals surface area contributed by atoms with Crippen molar-refractivity contribution in [3.05, 3.63) is 65.5 Å². The minimum atomic E-state index is -0.815. The van der Waals surface area contributed by atoms with Crippen molar-refractivity contribution in [3.8, 4) is 0 Å². The number of pyridine rings is 1. The summed E-state index contributed by atoms with van der Waals surface area (Å²) in [6.07, 6.45) is 4.37. The summed E-state index contributed by atoms with van der Waals surface area (Å²) in [7, 11) is 0. The van der Waals surface area contributed by atoms with E-state index in [1.54, 1.807) is 17.3 Å². The van der Waals surface area contributed by atoms with Crippen LogP contribution in [0.2, 0.25) is 0 Å². The van der Waals surface area contributed by atoms with Gasteiger partial charge in [-0.1, -0.05) is 35.9 Å². The zero-order valence-electron chi connectivity index (χ0n) is 14.7. The number of rotatable bonds is 5. The standard InChI is InChI=1S/C20H23N3O2/c1-15-5-7-16(8-6-15)14-23-18(24)9-10-20(23,2)19(25)22-13-17-4-3-11-21-12-17/h3-8,11-12H,9-10,13-14H2,1-2H3,(H,22,25). The van der Waals surface area contributed by atoms with Gasteiger partial charge in [-0.25, -0.2) is 0 Å². The molecule has 1 unspecified atom stereocenters. The molecule has 1 aromatic carbocycles. The monoisotopic (exact) mass is 337 g/mol. The van der Waals surface area contributed by atoms with Gasteiger partial charge in [0.15, 0.2) is 0 Å². The molecule has 0 spiro atoms. The Morgan fingerprint density at radius 1 is 1.24 bits per heavy atom. The summed E-state index contributed by atoms with van der Waals surface area (Å²) in [6.45, 7) is 4.75. The van der Waals surface area contributed by atoms with Crippen molar-refractivity contribution in [2.45, 2.75) is 45.3 Å². The Morgan fingerprint density at radius 3 is 2.68 bits per heavy atom. The predicted molar refractivity (Wildman–Crippen MR) is 95.5 cm³/mol. The van der Waals surface area contributed by atoms with E-state index in [2.05, 4.69) is 10.3 Å². The molecular formula is C20H23N3O2. The van der Waals surface area contributed by atoms with Gasteiger partial charge >= 0.3 is 0 Å². The summed E-state index contributed by atoms with van der Waals surface area (Å²) in [5, 5.41) is 2.95. The van der Waals surface area contributed by atoms with Crippen molar-refractivity contribution in [3.63, 3.8) is 0 Å². The van der Waals surface area contributed by atoms with Gasteiger partial charge in [-0.05, 0) is 37.5 Å². The van der Waals surface area contributed by atoms with Gasteiger partial charge in [0.25, 0.3) is 0 Å². The molecule has 1 saturated heterocycles. The summed E-state index contributed by atoms with van der Waals surface area (Å²) in [5.41, 5.74) is 2.33. The second-order valence-electron chi connectivity index (χ2n) is 6.78. The van der Waals surface area contributed by atoms with Gasteiger partial charge in [0.1, 0.15) is 5.54 Å². The number of likely N-dealkylation sites (tertiary alicyclic amines) is 1. The largest absolute Gasteiger partial charge is 0.350 e. The van der Waals surface area contributed by atoms with E-state index in [0.717, 1.165) is 11.1 Å². The second-order valence-corrected chi connectivity index (χ2v) is 6.78. The zero-order chi connectivity index (χ0) is 17.9. The lowest BCUT2D eigenvalue weighted by molar-refractivity contribution is -0.141. The Balaban J connectivity index is 1.71. The fourth-order valence-electron chi connectivity index (χ4n) is 3.15. The number of aryl methyl sites for hydroxylation is 1. The summed E-state index contributed by atoms with van der Waals surface area (Å²) < 4.78 is 0. The van der Waals surface area contributed by atoms with Crippen LogP contribution in [-0.4, -0.2) is 27.2 Å². The third-order valence-electron chi connectivity index (χ3n) is 4.85. The first-order valence-electron chi connectivity index (χ1n) is 8.52. The maximum absolute atomic E-state index is 12.8. The lowest BCUT2D eigenvalue weighted by Gasteiger charge is -2.34. The fraction of sp³-hybridized carbons (Fsp3) is 0.350. The molecule has 2 amide bonds. The van der Waals surface area contributed by atoms with Crippen molar-refractivity contribution in [2.24, 2.45) is 0 Å². The highest BCUT2D eigenvalue weighted by molar-refractivity contribution is 5.94. The molecule has 1 aliphatic rings. The fourth-order valence-corrected chi connectivity index (χ4v) is 3.15. The van der Waals surface area contributed by atoms with E-state index in [1.807, 2.05) is 50.2 Å². The number of benzene rings is 1. The highest BCUT2D eigenvalue weighted by atomic mass is 16.2. The second kappa shape index (κ2) is 7.05. The first-order valence-corrected chi connectivity index (χ1v) is 8.52. The van der Waals surface area contributed by atoms with Gasteiger partial charge in [0.2, 0.25) is 11.8 Å². The van der Waals surface area contributed by atoms with Gasteiger partial charge in [-0.3, -0.25) is 14.6 Å². The normalized spacial score (nSPS) is 19.9. The summed E-state index contributed by atoms with van der Waals surface area (Å²) in [5.74, 6) is -0.0890. The first kappa shape index (κ1) is 17.1. The van der Waals surface area contributed by atoms with Crippen LogP contribution in [0.5, 0.6) is 0 Å². The number of aromatic nitrogens is 1. The third-order valence-corrected chi connectivity index (χ3v) is 4.85. The number of hydrogen-bond acceptors (Lipinski definition) is 3. The van der Waals surface area contributed by atoms with Crippen molar-refractivity contribution in [2.75, 3.05) is 0 Å². The van der Waals surface area contributed by atoms with E-state index in [-0.39, 0.29) is 11.8 Å². The Hall–Kier alpha value is -2.69. The Labute approximate surface area is 148 Å². The molecule has 0 bridgehead atoms. The number of nitrogens with one attached hydrogen (secondary N) is 1. The quantitative estimate of drug-likeness (QED) is 0.912. The third kappa shape index (κ3) is 3.71. The van der Waals surface area contributed by atoms with Crippen molar-refractivity contribution in [1.82, 2.24) is 15.2 Å². The van der Waals surface area contributed by atoms with Crippen LogP contribution in [0.1, 0.15) is 36.5 Å². The topological polar surface area (TPSA) is 62.3 Å². The number of carbonyl (C=O) groups excluding carboxylic acids is 2. The first-order chi connectivity index (χ1) is 12.0. The Morgan fingerprint density at radius 2 is 2.00 bits per heavy atom. The van der Waals surface area contributed by atoms with Crippen LogP contribution in [0, 0.1) is 6.92 Å². The SMILES string of the molecule is Cc1ccc(CN2C(=O)CCC2(C)C(=O)NCc2cccnc2)cc1. The highest BCUT2D eigenvalue weighted by Crippen LogP contribution is 2.32. The molecule has 0 saturated carbocycles. The van der Waals surface area contributed by atoms with Crippen LogP contribution in [0.4, 0.5) is 0 Å². The van der Waals surface area contributed by atoms with Crippen LogP contribution in [0.3, 0.4) is 0 Å². The van der Waals surface area contributed by atoms with E-state index >= 15 is 0 Å². The molecule has 5 heteroatoms. The highest BCUT2D eigenvalue weighted by Gasteiger charge is 2.46. The van der Waals surface area contributed by atoms with E-state index < -0.39 is 5.54 Å². The Kier molecular flexibility index (Phi) is 4.83. The molecule has 2 heterocycles. The van der Waals surface area contributed by atoms with Gasteiger partial charge in [0, 0.05) is 31.9 Å². The van der Waals surface area contributed by atoms with Crippen molar-refractivity contribution >= 4 is 11.8 Å². The van der Waals surface area contributed by atoms with Gasteiger partial charge in [-0.15, -0.1) is 0 Å². The van der Waals surface area contributed by atoms with Crippen LogP contribution in [0.15, 0.2) is 48.8 Å². The molecule has 0 radical (unpaired) electrons. The number of carbonyl (C=O) groups is 2. The van der Waals surface area contributed by atoms with Crippen LogP contribution < -0.4 is 5.32 Å². The van der Waals surface area contributed by atoms with Crippen LogP contribution in [0.25, 0.3) is 0 Å². The van der Waals surface area contributed by atoms with E-state index in [1.165, 1.54) is 5.56 Å². The summed E-state index contributed by atoms with van der Waals surface area (Å²) >= 11 is 0. The number of nitrogens with zero attached hydrogens (tertiary/aromatic N) is 2. The Bertz CT molecular complexity index is 758. The molecule has 0 aliphatic carbocycles. The average Bonchev–Trinajstić information content (AvgIpc) is 2.92. The molecule has 3 rings (SSSR count). The molecule has 1 fully saturated rings. The van der Waals surface area contributed by atoms with E-state index in [0.29, 0.717) is 25.9 Å². The summed E-state index contributed by atoms with van der Waals surface area (Å²) in [6, 6.07) is 11.8. The lowest BCUT2D eigenvalue weighted by Crippen LogP contribution is -2.53. The molecular weight excluding hydrogens is 314 g/mol. The van der Waals surface area contributed by atoms with Gasteiger partial charge in [-0.2, -0.15) is 0 Å². The summed E-state index contributed by atoms with van der Waals surface area (Å²) in [4.78, 5) is 30.9. The molecule has 1 aliphatic heterocycles. The zero-order valence-corrected chi connectivity index (χ0v) is 14.7. The number of hydrogen-bond donors (Lipinski definition) is 1. The molecule has 5 nitrogen and oxygen atoms in total. The van der Waals surface area contributed by atoms with Crippen LogP contribution >= 0.6 is 0 Å². The van der Waals surface area contributed by atoms with Crippen LogP contribution in [-0.2, 0) is 22.7 Å². The van der Waals surface area contributed by atoms with Gasteiger partial charge in [0.05, 0.1) is 0 Å². The molecule has 2 aromatic rings. The maximum Gasteiger partial charge on any atom is 0.245 e. The van der Waals surface area contributed by atoms with Crippen molar-refractivity contribution in [1.29, 1.82) is 0 Å². The minimum Gasteiger partial charge on any atom is -0.350 e. The molecule has 25 heavy (non-hydrogen) atoms. The van der Waals surface area contributed by atoms with E-state index in [9.17, 15) is 9.59 Å². The predicted octanol–water partition coefficient (Wildman–Crippen LogP) is 2.59. The van der Waals surface area contributed by atoms with Gasteiger partial charge < -0.3 is 10.2 Å². The molecule has 1 aromatic heterocycles. The van der Waals surface area contributed by atoms with Crippen molar-refractivity contribution < 1.29 is 9.59 Å². The molecule has 1 N–H and O–H groups in total. The molecule has 130 valence electrons. The minimum absolute atomic E-state index is 0.0274. The maximum atomic E-state index is 12.8. The number of amides is 2. The van der Waals surface area contributed by atoms with E-state index in [4.69, 9.17) is 0 Å². The average molecular weight is 337 g/mol. The molecule has 1 atom stereocenters.